The zero-order chi connectivity index (χ0) is 19.3. The molecular formula is C19H17N7O2. The van der Waals surface area contributed by atoms with Crippen molar-refractivity contribution in [2.75, 3.05) is 12.4 Å². The number of carbonyl (C=O) groups is 1. The number of amides is 1. The van der Waals surface area contributed by atoms with Gasteiger partial charge in [-0.3, -0.25) is 15.2 Å². The highest BCUT2D eigenvalue weighted by Gasteiger charge is 2.15. The van der Waals surface area contributed by atoms with E-state index in [9.17, 15) is 4.79 Å². The van der Waals surface area contributed by atoms with Crippen molar-refractivity contribution in [2.45, 2.75) is 6.54 Å². The van der Waals surface area contributed by atoms with Crippen LogP contribution in [-0.2, 0) is 6.54 Å². The van der Waals surface area contributed by atoms with Gasteiger partial charge >= 0.3 is 0 Å². The van der Waals surface area contributed by atoms with Gasteiger partial charge in [0.15, 0.2) is 11.5 Å². The summed E-state index contributed by atoms with van der Waals surface area (Å²) in [4.78, 5) is 16.7. The van der Waals surface area contributed by atoms with E-state index in [4.69, 9.17) is 4.74 Å². The number of nitrogens with zero attached hydrogens (tertiary/aromatic N) is 5. The number of aromatic nitrogens is 6. The van der Waals surface area contributed by atoms with Crippen molar-refractivity contribution >= 4 is 11.9 Å². The van der Waals surface area contributed by atoms with Crippen LogP contribution in [0.1, 0.15) is 16.1 Å². The third kappa shape index (κ3) is 3.73. The lowest BCUT2D eigenvalue weighted by atomic mass is 10.2. The molecule has 4 rings (SSSR count). The number of methoxy groups -OCH3 is 1. The van der Waals surface area contributed by atoms with Gasteiger partial charge < -0.3 is 4.74 Å². The third-order valence-electron chi connectivity index (χ3n) is 4.03. The van der Waals surface area contributed by atoms with Crippen LogP contribution >= 0.6 is 0 Å². The molecular weight excluding hydrogens is 358 g/mol. The second-order valence-corrected chi connectivity index (χ2v) is 5.95. The van der Waals surface area contributed by atoms with E-state index in [1.807, 2.05) is 54.6 Å². The van der Waals surface area contributed by atoms with Gasteiger partial charge in [-0.05, 0) is 17.7 Å². The molecule has 4 aromatic rings. The largest absolute Gasteiger partial charge is 0.496 e. The number of hydrogen-bond acceptors (Lipinski definition) is 6. The number of nitrogens with one attached hydrogen (secondary N) is 2. The Bertz CT molecular complexity index is 1090. The molecule has 0 saturated heterocycles. The van der Waals surface area contributed by atoms with Gasteiger partial charge in [-0.1, -0.05) is 47.7 Å². The van der Waals surface area contributed by atoms with Crippen LogP contribution < -0.4 is 10.1 Å². The number of rotatable bonds is 6. The second-order valence-electron chi connectivity index (χ2n) is 5.95. The zero-order valence-electron chi connectivity index (χ0n) is 15.0. The maximum absolute atomic E-state index is 12.4. The van der Waals surface area contributed by atoms with Gasteiger partial charge in [0.25, 0.3) is 5.91 Å². The Morgan fingerprint density at radius 3 is 2.75 bits per heavy atom. The molecule has 0 fully saturated rings. The molecule has 2 aromatic carbocycles. The molecule has 0 atom stereocenters. The van der Waals surface area contributed by atoms with Crippen molar-refractivity contribution < 1.29 is 9.53 Å². The summed E-state index contributed by atoms with van der Waals surface area (Å²) >= 11 is 0. The average molecular weight is 375 g/mol. The van der Waals surface area contributed by atoms with Gasteiger partial charge in [0.2, 0.25) is 5.95 Å². The van der Waals surface area contributed by atoms with E-state index in [0.29, 0.717) is 18.1 Å². The van der Waals surface area contributed by atoms with Gasteiger partial charge in [0.1, 0.15) is 5.75 Å². The molecule has 140 valence electrons. The van der Waals surface area contributed by atoms with Crippen molar-refractivity contribution in [1.82, 2.24) is 30.2 Å². The monoisotopic (exact) mass is 375 g/mol. The Labute approximate surface area is 160 Å². The molecule has 0 spiro atoms. The van der Waals surface area contributed by atoms with Crippen molar-refractivity contribution in [3.05, 3.63) is 72.1 Å². The first kappa shape index (κ1) is 17.4. The maximum atomic E-state index is 12.4. The van der Waals surface area contributed by atoms with E-state index in [1.54, 1.807) is 18.0 Å². The number of H-pyrrole nitrogens is 1. The van der Waals surface area contributed by atoms with Crippen LogP contribution in [0.4, 0.5) is 5.95 Å². The molecule has 0 aliphatic carbocycles. The predicted octanol–water partition coefficient (Wildman–Crippen LogP) is 2.37. The molecule has 0 aliphatic heterocycles. The van der Waals surface area contributed by atoms with Crippen molar-refractivity contribution in [3.63, 3.8) is 0 Å². The van der Waals surface area contributed by atoms with Crippen molar-refractivity contribution in [3.8, 4) is 17.1 Å². The molecule has 9 nitrogen and oxygen atoms in total. The number of ether oxygens (including phenoxy) is 1. The summed E-state index contributed by atoms with van der Waals surface area (Å²) in [5, 5.41) is 17.3. The summed E-state index contributed by atoms with van der Waals surface area (Å²) in [7, 11) is 1.58. The van der Waals surface area contributed by atoms with E-state index in [0.717, 1.165) is 11.1 Å². The van der Waals surface area contributed by atoms with Crippen LogP contribution in [0.25, 0.3) is 11.4 Å². The molecule has 0 aliphatic rings. The van der Waals surface area contributed by atoms with Crippen LogP contribution in [-0.4, -0.2) is 43.2 Å². The van der Waals surface area contributed by atoms with Crippen LogP contribution in [0.5, 0.6) is 5.75 Å². The van der Waals surface area contributed by atoms with Gasteiger partial charge in [-0.25, -0.2) is 4.68 Å². The molecule has 0 unspecified atom stereocenters. The van der Waals surface area contributed by atoms with E-state index in [-0.39, 0.29) is 11.6 Å². The van der Waals surface area contributed by atoms with Gasteiger partial charge in [0, 0.05) is 0 Å². The van der Waals surface area contributed by atoms with Crippen LogP contribution in [0.15, 0.2) is 60.8 Å². The Morgan fingerprint density at radius 1 is 1.14 bits per heavy atom. The number of para-hydroxylation sites is 1. The number of benzene rings is 2. The second kappa shape index (κ2) is 7.70. The summed E-state index contributed by atoms with van der Waals surface area (Å²) in [5.41, 5.74) is 1.99. The predicted molar refractivity (Wildman–Crippen MR) is 102 cm³/mol. The topological polar surface area (TPSA) is 111 Å². The lowest BCUT2D eigenvalue weighted by Crippen LogP contribution is -2.13. The molecule has 1 amide bonds. The number of anilines is 1. The lowest BCUT2D eigenvalue weighted by molar-refractivity contribution is 0.102. The minimum absolute atomic E-state index is 0.142. The van der Waals surface area contributed by atoms with Gasteiger partial charge in [-0.2, -0.15) is 4.98 Å². The highest BCUT2D eigenvalue weighted by molar-refractivity contribution is 6.01. The first-order valence-corrected chi connectivity index (χ1v) is 8.54. The molecule has 2 heterocycles. The highest BCUT2D eigenvalue weighted by Crippen LogP contribution is 2.27. The fourth-order valence-corrected chi connectivity index (χ4v) is 2.69. The quantitative estimate of drug-likeness (QED) is 0.535. The summed E-state index contributed by atoms with van der Waals surface area (Å²) in [5.74, 6) is 0.842. The SMILES string of the molecule is COc1ccccc1-c1nc(NC(=O)c2cn(Cc3ccccc3)nn2)n[nH]1. The van der Waals surface area contributed by atoms with E-state index >= 15 is 0 Å². The molecule has 9 heteroatoms. The summed E-state index contributed by atoms with van der Waals surface area (Å²) in [6, 6.07) is 17.2. The molecule has 0 saturated carbocycles. The standard InChI is InChI=1S/C19H17N7O2/c1-28-16-10-6-5-9-14(16)17-20-19(24-23-17)21-18(27)15-12-26(25-22-15)11-13-7-3-2-4-8-13/h2-10,12H,11H2,1H3,(H2,20,21,23,24,27). The minimum Gasteiger partial charge on any atom is -0.496 e. The average Bonchev–Trinajstić information content (AvgIpc) is 3.38. The number of hydrogen-bond donors (Lipinski definition) is 2. The van der Waals surface area contributed by atoms with Crippen molar-refractivity contribution in [1.29, 1.82) is 0 Å². The Kier molecular flexibility index (Phi) is 4.79. The number of carbonyl (C=O) groups excluding carboxylic acids is 1. The Morgan fingerprint density at radius 2 is 1.93 bits per heavy atom. The lowest BCUT2D eigenvalue weighted by Gasteiger charge is -2.04. The molecule has 2 N–H and O–H groups in total. The maximum Gasteiger partial charge on any atom is 0.280 e. The van der Waals surface area contributed by atoms with E-state index in [2.05, 4.69) is 30.8 Å². The summed E-state index contributed by atoms with van der Waals surface area (Å²) in [6.45, 7) is 0.528. The van der Waals surface area contributed by atoms with Crippen LogP contribution in [0.3, 0.4) is 0 Å². The molecule has 0 bridgehead atoms. The minimum atomic E-state index is -0.440. The van der Waals surface area contributed by atoms with E-state index in [1.165, 1.54) is 0 Å². The van der Waals surface area contributed by atoms with Crippen molar-refractivity contribution in [2.24, 2.45) is 0 Å². The first-order valence-electron chi connectivity index (χ1n) is 8.54. The van der Waals surface area contributed by atoms with Crippen LogP contribution in [0.2, 0.25) is 0 Å². The Hall–Kier alpha value is -4.01. The van der Waals surface area contributed by atoms with Gasteiger partial charge in [-0.15, -0.1) is 10.2 Å². The summed E-state index contributed by atoms with van der Waals surface area (Å²) in [6.07, 6.45) is 1.58. The van der Waals surface area contributed by atoms with Gasteiger partial charge in [0.05, 0.1) is 25.4 Å². The summed E-state index contributed by atoms with van der Waals surface area (Å²) < 4.78 is 6.91. The van der Waals surface area contributed by atoms with E-state index < -0.39 is 5.91 Å². The fourth-order valence-electron chi connectivity index (χ4n) is 2.69. The highest BCUT2D eigenvalue weighted by atomic mass is 16.5. The normalized spacial score (nSPS) is 10.6. The third-order valence-corrected chi connectivity index (χ3v) is 4.03. The number of aromatic amines is 1. The molecule has 0 radical (unpaired) electrons. The molecule has 28 heavy (non-hydrogen) atoms. The molecule has 2 aromatic heterocycles. The first-order chi connectivity index (χ1) is 13.7. The van der Waals surface area contributed by atoms with Crippen LogP contribution in [0, 0.1) is 0 Å². The fraction of sp³-hybridized carbons (Fsp3) is 0.105. The Balaban J connectivity index is 1.45. The zero-order valence-corrected chi connectivity index (χ0v) is 15.0. The smallest absolute Gasteiger partial charge is 0.280 e.